The third-order valence-electron chi connectivity index (χ3n) is 2.47. The molecule has 0 bridgehead atoms. The van der Waals surface area contributed by atoms with Crippen LogP contribution in [-0.2, 0) is 13.0 Å². The Bertz CT molecular complexity index is 452. The fourth-order valence-corrected chi connectivity index (χ4v) is 2.15. The summed E-state index contributed by atoms with van der Waals surface area (Å²) in [7, 11) is 0. The first-order valence-electron chi connectivity index (χ1n) is 5.53. The van der Waals surface area contributed by atoms with Crippen LogP contribution in [-0.4, -0.2) is 27.6 Å². The van der Waals surface area contributed by atoms with Gasteiger partial charge in [-0.15, -0.1) is 10.2 Å². The Morgan fingerprint density at radius 2 is 2.35 bits per heavy atom. The Labute approximate surface area is 104 Å². The summed E-state index contributed by atoms with van der Waals surface area (Å²) in [4.78, 5) is 0. The van der Waals surface area contributed by atoms with E-state index < -0.39 is 0 Å². The number of furan rings is 1. The molecule has 5 nitrogen and oxygen atoms in total. The fourth-order valence-electron chi connectivity index (χ4n) is 1.63. The van der Waals surface area contributed by atoms with Crippen molar-refractivity contribution < 1.29 is 4.42 Å². The number of aromatic nitrogens is 3. The van der Waals surface area contributed by atoms with Crippen molar-refractivity contribution in [3.8, 4) is 0 Å². The van der Waals surface area contributed by atoms with Gasteiger partial charge in [0.2, 0.25) is 0 Å². The average Bonchev–Trinajstić information content (AvgIpc) is 2.97. The van der Waals surface area contributed by atoms with Gasteiger partial charge in [-0.3, -0.25) is 4.57 Å². The number of thioether (sulfide) groups is 1. The molecule has 0 aromatic carbocycles. The lowest BCUT2D eigenvalue weighted by atomic mass is 10.3. The Kier molecular flexibility index (Phi) is 4.22. The van der Waals surface area contributed by atoms with Gasteiger partial charge in [0, 0.05) is 6.42 Å². The minimum Gasteiger partial charge on any atom is -0.467 e. The van der Waals surface area contributed by atoms with Crippen LogP contribution in [0.1, 0.15) is 18.0 Å². The largest absolute Gasteiger partial charge is 0.467 e. The van der Waals surface area contributed by atoms with E-state index in [2.05, 4.69) is 14.8 Å². The Balaban J connectivity index is 2.19. The molecule has 0 aliphatic carbocycles. The minimum absolute atomic E-state index is 0.669. The van der Waals surface area contributed by atoms with E-state index in [4.69, 9.17) is 10.2 Å². The number of hydrogen-bond acceptors (Lipinski definition) is 5. The second-order valence-electron chi connectivity index (χ2n) is 3.66. The second-order valence-corrected chi connectivity index (χ2v) is 4.43. The van der Waals surface area contributed by atoms with E-state index in [0.717, 1.165) is 29.6 Å². The molecule has 6 heteroatoms. The molecule has 2 rings (SSSR count). The maximum atomic E-state index is 5.52. The molecule has 2 aromatic rings. The fraction of sp³-hybridized carbons (Fsp3) is 0.455. The van der Waals surface area contributed by atoms with E-state index in [1.54, 1.807) is 18.0 Å². The van der Waals surface area contributed by atoms with Crippen molar-refractivity contribution >= 4 is 11.8 Å². The molecule has 0 radical (unpaired) electrons. The smallest absolute Gasteiger partial charge is 0.191 e. The number of hydrogen-bond donors (Lipinski definition) is 1. The molecule has 2 aromatic heterocycles. The SMILES string of the molecule is CSc1nnc(CCCN)n1Cc1ccco1. The van der Waals surface area contributed by atoms with Gasteiger partial charge in [-0.1, -0.05) is 11.8 Å². The molecule has 0 fully saturated rings. The highest BCUT2D eigenvalue weighted by atomic mass is 32.2. The van der Waals surface area contributed by atoms with Crippen molar-refractivity contribution in [2.45, 2.75) is 24.5 Å². The molecular formula is C11H16N4OS. The first-order chi connectivity index (χ1) is 8.35. The van der Waals surface area contributed by atoms with Crippen molar-refractivity contribution in [1.82, 2.24) is 14.8 Å². The molecule has 0 spiro atoms. The molecule has 92 valence electrons. The van der Waals surface area contributed by atoms with Crippen molar-refractivity contribution in [3.63, 3.8) is 0 Å². The van der Waals surface area contributed by atoms with Crippen molar-refractivity contribution in [2.24, 2.45) is 5.73 Å². The van der Waals surface area contributed by atoms with E-state index in [0.29, 0.717) is 13.1 Å². The number of nitrogens with zero attached hydrogens (tertiary/aromatic N) is 3. The average molecular weight is 252 g/mol. The molecule has 0 aliphatic heterocycles. The molecule has 0 saturated heterocycles. The topological polar surface area (TPSA) is 69.9 Å². The Morgan fingerprint density at radius 3 is 3.00 bits per heavy atom. The van der Waals surface area contributed by atoms with E-state index in [1.807, 2.05) is 18.4 Å². The van der Waals surface area contributed by atoms with Crippen molar-refractivity contribution in [1.29, 1.82) is 0 Å². The van der Waals surface area contributed by atoms with Crippen LogP contribution >= 0.6 is 11.8 Å². The number of aryl methyl sites for hydroxylation is 1. The van der Waals surface area contributed by atoms with Gasteiger partial charge in [-0.25, -0.2) is 0 Å². The summed E-state index contributed by atoms with van der Waals surface area (Å²) in [6, 6.07) is 3.84. The van der Waals surface area contributed by atoms with Crippen LogP contribution in [0.25, 0.3) is 0 Å². The van der Waals surface area contributed by atoms with E-state index in [9.17, 15) is 0 Å². The summed E-state index contributed by atoms with van der Waals surface area (Å²) < 4.78 is 7.44. The van der Waals surface area contributed by atoms with E-state index in [1.165, 1.54) is 0 Å². The molecule has 17 heavy (non-hydrogen) atoms. The van der Waals surface area contributed by atoms with Gasteiger partial charge in [-0.2, -0.15) is 0 Å². The quantitative estimate of drug-likeness (QED) is 0.790. The number of rotatable bonds is 6. The molecule has 0 saturated carbocycles. The second kappa shape index (κ2) is 5.88. The highest BCUT2D eigenvalue weighted by Crippen LogP contribution is 2.17. The van der Waals surface area contributed by atoms with Crippen LogP contribution in [0.5, 0.6) is 0 Å². The number of nitrogens with two attached hydrogens (primary N) is 1. The van der Waals surface area contributed by atoms with Gasteiger partial charge in [0.15, 0.2) is 5.16 Å². The molecule has 0 atom stereocenters. The summed E-state index contributed by atoms with van der Waals surface area (Å²) >= 11 is 1.59. The standard InChI is InChI=1S/C11H16N4OS/c1-17-11-14-13-10(5-2-6-12)15(11)8-9-4-3-7-16-9/h3-4,7H,2,5-6,8,12H2,1H3. The molecule has 2 N–H and O–H groups in total. The van der Waals surface area contributed by atoms with Gasteiger partial charge < -0.3 is 10.2 Å². The van der Waals surface area contributed by atoms with Gasteiger partial charge in [-0.05, 0) is 31.4 Å². The maximum absolute atomic E-state index is 5.52. The lowest BCUT2D eigenvalue weighted by Gasteiger charge is -2.06. The van der Waals surface area contributed by atoms with Crippen LogP contribution in [0.15, 0.2) is 28.0 Å². The van der Waals surface area contributed by atoms with Crippen LogP contribution in [0.2, 0.25) is 0 Å². The van der Waals surface area contributed by atoms with Crippen LogP contribution < -0.4 is 5.73 Å². The zero-order valence-corrected chi connectivity index (χ0v) is 10.6. The summed E-state index contributed by atoms with van der Waals surface area (Å²) in [6.45, 7) is 1.35. The van der Waals surface area contributed by atoms with Gasteiger partial charge >= 0.3 is 0 Å². The first-order valence-corrected chi connectivity index (χ1v) is 6.76. The predicted molar refractivity (Wildman–Crippen MR) is 67.0 cm³/mol. The highest BCUT2D eigenvalue weighted by molar-refractivity contribution is 7.98. The van der Waals surface area contributed by atoms with E-state index >= 15 is 0 Å². The van der Waals surface area contributed by atoms with Crippen LogP contribution in [0.3, 0.4) is 0 Å². The Morgan fingerprint density at radius 1 is 1.47 bits per heavy atom. The van der Waals surface area contributed by atoms with Crippen molar-refractivity contribution in [3.05, 3.63) is 30.0 Å². The van der Waals surface area contributed by atoms with Crippen LogP contribution in [0, 0.1) is 0 Å². The molecular weight excluding hydrogens is 236 g/mol. The normalized spacial score (nSPS) is 10.9. The van der Waals surface area contributed by atoms with E-state index in [-0.39, 0.29) is 0 Å². The molecule has 0 unspecified atom stereocenters. The predicted octanol–water partition coefficient (Wildman–Crippen LogP) is 1.53. The Hall–Kier alpha value is -1.27. The summed E-state index contributed by atoms with van der Waals surface area (Å²) in [5, 5.41) is 9.27. The zero-order chi connectivity index (χ0) is 12.1. The first kappa shape index (κ1) is 12.2. The molecule has 0 amide bonds. The van der Waals surface area contributed by atoms with Gasteiger partial charge in [0.05, 0.1) is 12.8 Å². The minimum atomic E-state index is 0.669. The van der Waals surface area contributed by atoms with Gasteiger partial charge in [0.25, 0.3) is 0 Å². The van der Waals surface area contributed by atoms with Gasteiger partial charge in [0.1, 0.15) is 11.6 Å². The molecule has 2 heterocycles. The summed E-state index contributed by atoms with van der Waals surface area (Å²) in [5.74, 6) is 1.88. The maximum Gasteiger partial charge on any atom is 0.191 e. The summed E-state index contributed by atoms with van der Waals surface area (Å²) in [5.41, 5.74) is 5.52. The monoisotopic (exact) mass is 252 g/mol. The lowest BCUT2D eigenvalue weighted by molar-refractivity contribution is 0.477. The highest BCUT2D eigenvalue weighted by Gasteiger charge is 2.12. The third-order valence-corrected chi connectivity index (χ3v) is 3.14. The van der Waals surface area contributed by atoms with Crippen molar-refractivity contribution in [2.75, 3.05) is 12.8 Å². The summed E-state index contributed by atoms with van der Waals surface area (Å²) in [6.07, 6.45) is 5.45. The lowest BCUT2D eigenvalue weighted by Crippen LogP contribution is -2.08. The zero-order valence-electron chi connectivity index (χ0n) is 9.80. The third kappa shape index (κ3) is 2.89. The van der Waals surface area contributed by atoms with Crippen LogP contribution in [0.4, 0.5) is 0 Å². The molecule has 0 aliphatic rings.